The fraction of sp³-hybridized carbons (Fsp3) is 0.214. The SMILES string of the molecule is CS(=O)(=O)c1c(N2Cc3ccccc3C2)sc(C#N)c1N. The number of benzene rings is 1. The van der Waals surface area contributed by atoms with Gasteiger partial charge in [0.2, 0.25) is 0 Å². The van der Waals surface area contributed by atoms with Crippen LogP contribution in [0.5, 0.6) is 0 Å². The lowest BCUT2D eigenvalue weighted by Crippen LogP contribution is -2.16. The second-order valence-corrected chi connectivity index (χ2v) is 7.94. The van der Waals surface area contributed by atoms with Crippen LogP contribution in [-0.4, -0.2) is 14.7 Å². The number of anilines is 2. The van der Waals surface area contributed by atoms with Gasteiger partial charge in [-0.15, -0.1) is 11.3 Å². The molecule has 5 nitrogen and oxygen atoms in total. The minimum atomic E-state index is -3.49. The second-order valence-electron chi connectivity index (χ2n) is 4.99. The summed E-state index contributed by atoms with van der Waals surface area (Å²) < 4.78 is 24.0. The Hall–Kier alpha value is -2.04. The highest BCUT2D eigenvalue weighted by Gasteiger charge is 2.30. The van der Waals surface area contributed by atoms with Crippen molar-refractivity contribution >= 4 is 31.9 Å². The molecule has 0 bridgehead atoms. The maximum absolute atomic E-state index is 12.0. The standard InChI is InChI=1S/C14H13N3O2S2/c1-21(18,19)13-12(16)11(6-15)20-14(13)17-7-9-4-2-3-5-10(9)8-17/h2-5H,7-8,16H2,1H3. The highest BCUT2D eigenvalue weighted by Crippen LogP contribution is 2.43. The first-order valence-electron chi connectivity index (χ1n) is 6.26. The maximum atomic E-state index is 12.0. The van der Waals surface area contributed by atoms with E-state index in [4.69, 9.17) is 11.0 Å². The average molecular weight is 319 g/mol. The second kappa shape index (κ2) is 4.76. The highest BCUT2D eigenvalue weighted by molar-refractivity contribution is 7.91. The molecule has 0 atom stereocenters. The summed E-state index contributed by atoms with van der Waals surface area (Å²) in [5.74, 6) is 0. The first-order chi connectivity index (χ1) is 9.91. The van der Waals surface area contributed by atoms with E-state index in [0.717, 1.165) is 17.6 Å². The zero-order valence-corrected chi connectivity index (χ0v) is 13.0. The summed E-state index contributed by atoms with van der Waals surface area (Å²) in [6.07, 6.45) is 1.12. The van der Waals surface area contributed by atoms with Crippen LogP contribution in [0.25, 0.3) is 0 Å². The number of nitrogens with two attached hydrogens (primary N) is 1. The van der Waals surface area contributed by atoms with Crippen LogP contribution in [0.15, 0.2) is 29.2 Å². The Labute approximate surface area is 127 Å². The zero-order chi connectivity index (χ0) is 15.2. The Morgan fingerprint density at radius 2 is 1.86 bits per heavy atom. The number of nitrogen functional groups attached to an aromatic ring is 1. The Bertz CT molecular complexity index is 838. The lowest BCUT2D eigenvalue weighted by molar-refractivity contribution is 0.602. The summed E-state index contributed by atoms with van der Waals surface area (Å²) in [5.41, 5.74) is 8.26. The van der Waals surface area contributed by atoms with Gasteiger partial charge in [0.1, 0.15) is 20.8 Å². The number of rotatable bonds is 2. The topological polar surface area (TPSA) is 87.2 Å². The number of thiophene rings is 1. The molecule has 108 valence electrons. The van der Waals surface area contributed by atoms with E-state index >= 15 is 0 Å². The van der Waals surface area contributed by atoms with Crippen LogP contribution in [0.2, 0.25) is 0 Å². The molecule has 0 radical (unpaired) electrons. The number of nitrogens with zero attached hydrogens (tertiary/aromatic N) is 2. The third-order valence-corrected chi connectivity index (χ3v) is 5.94. The fourth-order valence-corrected chi connectivity index (χ4v) is 5.05. The summed E-state index contributed by atoms with van der Waals surface area (Å²) in [4.78, 5) is 2.29. The Morgan fingerprint density at radius 1 is 1.29 bits per heavy atom. The van der Waals surface area contributed by atoms with E-state index in [9.17, 15) is 8.42 Å². The first kappa shape index (κ1) is 13.9. The predicted octanol–water partition coefficient (Wildman–Crippen LogP) is 2.13. The molecule has 3 rings (SSSR count). The minimum absolute atomic E-state index is 0.0657. The van der Waals surface area contributed by atoms with Gasteiger partial charge in [0.15, 0.2) is 9.84 Å². The van der Waals surface area contributed by atoms with Crippen molar-refractivity contribution < 1.29 is 8.42 Å². The van der Waals surface area contributed by atoms with E-state index in [0.29, 0.717) is 18.1 Å². The van der Waals surface area contributed by atoms with Crippen molar-refractivity contribution in [1.82, 2.24) is 0 Å². The third kappa shape index (κ3) is 2.26. The van der Waals surface area contributed by atoms with Gasteiger partial charge in [-0.25, -0.2) is 8.42 Å². The predicted molar refractivity (Wildman–Crippen MR) is 82.9 cm³/mol. The van der Waals surface area contributed by atoms with Gasteiger partial charge in [-0.1, -0.05) is 24.3 Å². The minimum Gasteiger partial charge on any atom is -0.396 e. The molecule has 0 saturated carbocycles. The van der Waals surface area contributed by atoms with Crippen LogP contribution in [0.4, 0.5) is 10.7 Å². The molecule has 21 heavy (non-hydrogen) atoms. The maximum Gasteiger partial charge on any atom is 0.180 e. The van der Waals surface area contributed by atoms with Gasteiger partial charge in [0, 0.05) is 19.3 Å². The number of sulfone groups is 1. The smallest absolute Gasteiger partial charge is 0.180 e. The molecule has 1 aromatic carbocycles. The average Bonchev–Trinajstić information content (AvgIpc) is 2.98. The normalized spacial score (nSPS) is 14.0. The molecule has 0 spiro atoms. The van der Waals surface area contributed by atoms with Crippen molar-refractivity contribution in [3.05, 3.63) is 40.3 Å². The highest BCUT2D eigenvalue weighted by atomic mass is 32.2. The molecule has 7 heteroatoms. The quantitative estimate of drug-likeness (QED) is 0.916. The Kier molecular flexibility index (Phi) is 3.15. The molecule has 0 fully saturated rings. The lowest BCUT2D eigenvalue weighted by Gasteiger charge is -2.17. The van der Waals surface area contributed by atoms with Crippen LogP contribution in [-0.2, 0) is 22.9 Å². The molecule has 2 N–H and O–H groups in total. The Balaban J connectivity index is 2.11. The van der Waals surface area contributed by atoms with Gasteiger partial charge in [0.05, 0.1) is 5.69 Å². The van der Waals surface area contributed by atoms with E-state index in [1.54, 1.807) is 0 Å². The van der Waals surface area contributed by atoms with E-state index in [1.165, 1.54) is 11.1 Å². The molecule has 2 aromatic rings. The Morgan fingerprint density at radius 3 is 2.33 bits per heavy atom. The molecule has 1 aromatic heterocycles. The van der Waals surface area contributed by atoms with Crippen molar-refractivity contribution in [1.29, 1.82) is 5.26 Å². The van der Waals surface area contributed by atoms with Gasteiger partial charge in [-0.05, 0) is 11.1 Å². The molecule has 0 saturated heterocycles. The summed E-state index contributed by atoms with van der Waals surface area (Å²) in [6.45, 7) is 1.26. The first-order valence-corrected chi connectivity index (χ1v) is 8.96. The van der Waals surface area contributed by atoms with Crippen molar-refractivity contribution in [3.8, 4) is 6.07 Å². The van der Waals surface area contributed by atoms with Gasteiger partial charge in [0.25, 0.3) is 0 Å². The van der Waals surface area contributed by atoms with Crippen LogP contribution < -0.4 is 10.6 Å². The lowest BCUT2D eigenvalue weighted by atomic mass is 10.1. The van der Waals surface area contributed by atoms with E-state index < -0.39 is 9.84 Å². The summed E-state index contributed by atoms with van der Waals surface area (Å²) >= 11 is 1.14. The van der Waals surface area contributed by atoms with Gasteiger partial charge < -0.3 is 10.6 Å². The van der Waals surface area contributed by atoms with Gasteiger partial charge in [-0.2, -0.15) is 5.26 Å². The molecule has 1 aliphatic rings. The van der Waals surface area contributed by atoms with E-state index in [2.05, 4.69) is 0 Å². The van der Waals surface area contributed by atoms with Crippen molar-refractivity contribution in [2.24, 2.45) is 0 Å². The van der Waals surface area contributed by atoms with Crippen LogP contribution in [0.3, 0.4) is 0 Å². The number of hydrogen-bond donors (Lipinski definition) is 1. The molecule has 0 unspecified atom stereocenters. The summed E-state index contributed by atoms with van der Waals surface area (Å²) in [7, 11) is -3.49. The van der Waals surface area contributed by atoms with E-state index in [1.807, 2.05) is 35.2 Å². The van der Waals surface area contributed by atoms with Crippen molar-refractivity contribution in [2.75, 3.05) is 16.9 Å². The van der Waals surface area contributed by atoms with Gasteiger partial charge >= 0.3 is 0 Å². The molecule has 0 amide bonds. The fourth-order valence-electron chi connectivity index (χ4n) is 2.54. The number of nitriles is 1. The van der Waals surface area contributed by atoms with Crippen LogP contribution in [0.1, 0.15) is 16.0 Å². The third-order valence-electron chi connectivity index (χ3n) is 3.48. The van der Waals surface area contributed by atoms with Gasteiger partial charge in [-0.3, -0.25) is 0 Å². The van der Waals surface area contributed by atoms with E-state index in [-0.39, 0.29) is 15.5 Å². The number of fused-ring (bicyclic) bond motifs is 1. The molecule has 1 aliphatic heterocycles. The largest absolute Gasteiger partial charge is 0.396 e. The molecule has 0 aliphatic carbocycles. The summed E-state index contributed by atoms with van der Waals surface area (Å²) in [5, 5.41) is 9.66. The van der Waals surface area contributed by atoms with Crippen molar-refractivity contribution in [3.63, 3.8) is 0 Å². The monoisotopic (exact) mass is 319 g/mol. The molecular weight excluding hydrogens is 306 g/mol. The van der Waals surface area contributed by atoms with Crippen LogP contribution >= 0.6 is 11.3 Å². The van der Waals surface area contributed by atoms with Crippen molar-refractivity contribution in [2.45, 2.75) is 18.0 Å². The molecule has 2 heterocycles. The number of hydrogen-bond acceptors (Lipinski definition) is 6. The molecular formula is C14H13N3O2S2. The summed E-state index contributed by atoms with van der Waals surface area (Å²) in [6, 6.07) is 9.95. The zero-order valence-electron chi connectivity index (χ0n) is 11.3. The van der Waals surface area contributed by atoms with Crippen LogP contribution in [0, 0.1) is 11.3 Å².